The van der Waals surface area contributed by atoms with Gasteiger partial charge < -0.3 is 29.1 Å². The van der Waals surface area contributed by atoms with Gasteiger partial charge in [0.2, 0.25) is 5.65 Å². The maximum atomic E-state index is 12.5. The van der Waals surface area contributed by atoms with Crippen molar-refractivity contribution in [2.45, 2.75) is 12.9 Å². The zero-order valence-corrected chi connectivity index (χ0v) is 20.6. The number of benzene rings is 2. The fourth-order valence-corrected chi connectivity index (χ4v) is 4.53. The third-order valence-electron chi connectivity index (χ3n) is 4.45. The van der Waals surface area contributed by atoms with Gasteiger partial charge in [-0.25, -0.2) is 15.0 Å². The second-order valence-electron chi connectivity index (χ2n) is 7.11. The van der Waals surface area contributed by atoms with Crippen LogP contribution in [0.3, 0.4) is 0 Å². The highest BCUT2D eigenvalue weighted by Crippen LogP contribution is 2.32. The van der Waals surface area contributed by atoms with Crippen molar-refractivity contribution < 1.29 is 32.5 Å². The van der Waals surface area contributed by atoms with Gasteiger partial charge in [-0.15, -0.1) is 4.73 Å². The van der Waals surface area contributed by atoms with Crippen LogP contribution < -0.4 is 19.6 Å². The molecule has 0 fully saturated rings. The first-order chi connectivity index (χ1) is 16.9. The smallest absolute Gasteiger partial charge is 0.346 e. The Bertz CT molecular complexity index is 1250. The highest BCUT2D eigenvalue weighted by Gasteiger charge is 2.33. The molecule has 2 atom stereocenters. The molecule has 2 unspecified atom stereocenters. The zero-order valence-electron chi connectivity index (χ0n) is 18.6. The lowest BCUT2D eigenvalue weighted by Gasteiger charge is -2.29. The lowest BCUT2D eigenvalue weighted by molar-refractivity contribution is -0.355. The second kappa shape index (κ2) is 11.3. The summed E-state index contributed by atoms with van der Waals surface area (Å²) in [7, 11) is -5.38. The molecule has 2 aromatic carbocycles. The molecule has 2 aromatic heterocycles. The minimum Gasteiger partial charge on any atom is -0.443 e. The van der Waals surface area contributed by atoms with Gasteiger partial charge in [0.25, 0.3) is 16.1 Å². The number of nitrogens with zero attached hydrogens (tertiary/aromatic N) is 4. The van der Waals surface area contributed by atoms with Gasteiger partial charge in [0.05, 0.1) is 0 Å². The van der Waals surface area contributed by atoms with Crippen LogP contribution in [0.2, 0.25) is 0 Å². The number of nitrogens with two attached hydrogens (primary N) is 1. The van der Waals surface area contributed by atoms with E-state index in [1.807, 2.05) is 12.1 Å². The van der Waals surface area contributed by atoms with Gasteiger partial charge in [0.15, 0.2) is 11.3 Å². The third kappa shape index (κ3) is 6.80. The SMILES string of the molecule is CC(OC[PH](=O)Oc1ccccc1)(OC[PH](=O)Oc1ccccc1)On1cnc2c(N)ncnc21. The van der Waals surface area contributed by atoms with Gasteiger partial charge in [0.1, 0.15) is 36.8 Å². The first-order valence-corrected chi connectivity index (χ1v) is 13.4. The quantitative estimate of drug-likeness (QED) is 0.216. The first kappa shape index (κ1) is 24.7. The number of ether oxygens (including phenoxy) is 2. The normalized spacial score (nSPS) is 14.7. The highest BCUT2D eigenvalue weighted by molar-refractivity contribution is 7.39. The average molecular weight is 519 g/mol. The van der Waals surface area contributed by atoms with Gasteiger partial charge in [-0.2, -0.15) is 0 Å². The van der Waals surface area contributed by atoms with Crippen LogP contribution in [-0.2, 0) is 18.6 Å². The van der Waals surface area contributed by atoms with Gasteiger partial charge in [-0.1, -0.05) is 36.4 Å². The lowest BCUT2D eigenvalue weighted by Crippen LogP contribution is -2.43. The summed E-state index contributed by atoms with van der Waals surface area (Å²) >= 11 is 0. The Hall–Kier alpha value is -3.43. The van der Waals surface area contributed by atoms with E-state index < -0.39 is 22.0 Å². The molecule has 0 radical (unpaired) electrons. The molecular weight excluding hydrogens is 496 g/mol. The van der Waals surface area contributed by atoms with Crippen LogP contribution >= 0.6 is 16.1 Å². The van der Waals surface area contributed by atoms with Crippen LogP contribution in [-0.4, -0.2) is 38.4 Å². The molecule has 0 bridgehead atoms. The first-order valence-electron chi connectivity index (χ1n) is 10.3. The molecular formula is C21H23N5O7P2. The summed E-state index contributed by atoms with van der Waals surface area (Å²) in [6, 6.07) is 17.3. The third-order valence-corrected chi connectivity index (χ3v) is 6.14. The monoisotopic (exact) mass is 519 g/mol. The van der Waals surface area contributed by atoms with E-state index in [0.717, 1.165) is 4.73 Å². The van der Waals surface area contributed by atoms with E-state index in [1.54, 1.807) is 48.5 Å². The summed E-state index contributed by atoms with van der Waals surface area (Å²) in [6.45, 7) is 1.42. The summed E-state index contributed by atoms with van der Waals surface area (Å²) in [5, 5.41) is 0. The Balaban J connectivity index is 1.46. The van der Waals surface area contributed by atoms with E-state index in [2.05, 4.69) is 15.0 Å². The molecule has 0 spiro atoms. The number of hydrogen-bond donors (Lipinski definition) is 1. The number of rotatable bonds is 12. The average Bonchev–Trinajstić information content (AvgIpc) is 3.27. The molecule has 0 aliphatic heterocycles. The van der Waals surface area contributed by atoms with Crippen LogP contribution in [0.5, 0.6) is 11.5 Å². The number of fused-ring (bicyclic) bond motifs is 1. The van der Waals surface area contributed by atoms with E-state index >= 15 is 0 Å². The van der Waals surface area contributed by atoms with Crippen molar-refractivity contribution in [3.63, 3.8) is 0 Å². The number of para-hydroxylation sites is 2. The molecule has 35 heavy (non-hydrogen) atoms. The zero-order chi connectivity index (χ0) is 24.7. The van der Waals surface area contributed by atoms with E-state index in [4.69, 9.17) is 29.1 Å². The van der Waals surface area contributed by atoms with Crippen LogP contribution in [0.4, 0.5) is 5.82 Å². The van der Waals surface area contributed by atoms with Crippen molar-refractivity contribution in [1.29, 1.82) is 0 Å². The lowest BCUT2D eigenvalue weighted by atomic mass is 10.3. The minimum absolute atomic E-state index is 0.156. The predicted molar refractivity (Wildman–Crippen MR) is 129 cm³/mol. The molecule has 4 aromatic rings. The summed E-state index contributed by atoms with van der Waals surface area (Å²) in [6.07, 6.45) is 1.82. The van der Waals surface area contributed by atoms with Crippen molar-refractivity contribution in [3.8, 4) is 11.5 Å². The molecule has 0 aliphatic rings. The van der Waals surface area contributed by atoms with Gasteiger partial charge in [0, 0.05) is 6.92 Å². The molecule has 12 nitrogen and oxygen atoms in total. The van der Waals surface area contributed by atoms with Gasteiger partial charge in [-0.05, 0) is 24.3 Å². The van der Waals surface area contributed by atoms with Crippen molar-refractivity contribution in [2.75, 3.05) is 18.4 Å². The molecule has 2 heterocycles. The Kier molecular flexibility index (Phi) is 7.99. The topological polar surface area (TPSA) is 150 Å². The van der Waals surface area contributed by atoms with Crippen molar-refractivity contribution in [2.24, 2.45) is 0 Å². The number of imidazole rings is 1. The summed E-state index contributed by atoms with van der Waals surface area (Å²) in [5.74, 6) is -0.854. The van der Waals surface area contributed by atoms with Crippen LogP contribution in [0, 0.1) is 0 Å². The highest BCUT2D eigenvalue weighted by atomic mass is 31.1. The molecule has 0 aliphatic carbocycles. The maximum absolute atomic E-state index is 12.5. The predicted octanol–water partition coefficient (Wildman–Crippen LogP) is 3.57. The fourth-order valence-electron chi connectivity index (χ4n) is 2.85. The van der Waals surface area contributed by atoms with Crippen molar-refractivity contribution in [1.82, 2.24) is 19.7 Å². The fraction of sp³-hybridized carbons (Fsp3) is 0.190. The van der Waals surface area contributed by atoms with E-state index in [9.17, 15) is 9.13 Å². The Morgan fingerprint density at radius 1 is 0.857 bits per heavy atom. The van der Waals surface area contributed by atoms with Gasteiger partial charge >= 0.3 is 5.97 Å². The molecule has 4 rings (SSSR count). The van der Waals surface area contributed by atoms with Crippen molar-refractivity contribution in [3.05, 3.63) is 73.3 Å². The van der Waals surface area contributed by atoms with Crippen LogP contribution in [0.25, 0.3) is 11.2 Å². The largest absolute Gasteiger partial charge is 0.443 e. The minimum atomic E-state index is -2.69. The van der Waals surface area contributed by atoms with E-state index in [0.29, 0.717) is 17.0 Å². The molecule has 0 saturated carbocycles. The van der Waals surface area contributed by atoms with Gasteiger partial charge in [-0.3, -0.25) is 9.13 Å². The standard InChI is InChI=1S/C21H23N5O7P2/c1-21(29-14-34(27)31-16-8-4-2-5-9-16,30-15-35(28)32-17-10-6-3-7-11-17)33-26-13-25-18-19(22)23-12-24-20(18)26/h2-13,34-35H,14-15H2,1H3,(H2,22,23,24). The molecule has 0 saturated heterocycles. The van der Waals surface area contributed by atoms with Crippen LogP contribution in [0.15, 0.2) is 73.3 Å². The molecule has 14 heteroatoms. The number of anilines is 1. The summed E-state index contributed by atoms with van der Waals surface area (Å²) in [4.78, 5) is 17.9. The Morgan fingerprint density at radius 2 is 1.40 bits per heavy atom. The van der Waals surface area contributed by atoms with E-state index in [-0.39, 0.29) is 24.2 Å². The maximum Gasteiger partial charge on any atom is 0.346 e. The number of aromatic nitrogens is 4. The van der Waals surface area contributed by atoms with Crippen LogP contribution in [0.1, 0.15) is 6.92 Å². The number of nitrogen functional groups attached to an aromatic ring is 1. The molecule has 2 N–H and O–H groups in total. The molecule has 184 valence electrons. The Morgan fingerprint density at radius 3 is 1.94 bits per heavy atom. The second-order valence-corrected chi connectivity index (χ2v) is 9.58. The Labute approximate surface area is 201 Å². The summed E-state index contributed by atoms with van der Waals surface area (Å²) < 4.78 is 48.3. The summed E-state index contributed by atoms with van der Waals surface area (Å²) in [5.41, 5.74) is 6.37. The van der Waals surface area contributed by atoms with E-state index in [1.165, 1.54) is 19.6 Å². The van der Waals surface area contributed by atoms with Crippen molar-refractivity contribution >= 4 is 33.0 Å². The molecule has 0 amide bonds. The number of hydrogen-bond acceptors (Lipinski definition) is 11.